The van der Waals surface area contributed by atoms with Gasteiger partial charge in [0.05, 0.1) is 6.10 Å². The molecule has 21 heavy (non-hydrogen) atoms. The van der Waals surface area contributed by atoms with Crippen LogP contribution in [-0.2, 0) is 11.2 Å². The van der Waals surface area contributed by atoms with Crippen LogP contribution in [0.2, 0.25) is 10.0 Å². The van der Waals surface area contributed by atoms with Gasteiger partial charge in [-0.3, -0.25) is 0 Å². The van der Waals surface area contributed by atoms with Gasteiger partial charge in [0.15, 0.2) is 0 Å². The second-order valence-corrected chi connectivity index (χ2v) is 6.60. The van der Waals surface area contributed by atoms with E-state index in [0.717, 1.165) is 36.6 Å². The smallest absolute Gasteiger partial charge is 0.0759 e. The van der Waals surface area contributed by atoms with Gasteiger partial charge in [-0.15, -0.1) is 0 Å². The van der Waals surface area contributed by atoms with Crippen LogP contribution in [0.4, 0.5) is 0 Å². The zero-order chi connectivity index (χ0) is 15.2. The Kier molecular flexibility index (Phi) is 6.81. The maximum absolute atomic E-state index is 6.33. The molecule has 1 aliphatic rings. The molecule has 0 spiro atoms. The monoisotopic (exact) mass is 329 g/mol. The van der Waals surface area contributed by atoms with Crippen LogP contribution in [-0.4, -0.2) is 25.3 Å². The van der Waals surface area contributed by atoms with E-state index in [0.29, 0.717) is 17.0 Å². The molecule has 2 unspecified atom stereocenters. The van der Waals surface area contributed by atoms with Crippen LogP contribution in [0.5, 0.6) is 0 Å². The zero-order valence-electron chi connectivity index (χ0n) is 12.9. The lowest BCUT2D eigenvalue weighted by molar-refractivity contribution is 0.0192. The summed E-state index contributed by atoms with van der Waals surface area (Å²) in [5, 5.41) is 5.08. The van der Waals surface area contributed by atoms with Crippen molar-refractivity contribution in [1.82, 2.24) is 5.32 Å². The molecule has 1 N–H and O–H groups in total. The summed E-state index contributed by atoms with van der Waals surface area (Å²) in [5.74, 6) is 0.699. The Hall–Kier alpha value is -0.280. The van der Waals surface area contributed by atoms with Gasteiger partial charge in [0.1, 0.15) is 0 Å². The average Bonchev–Trinajstić information content (AvgIpc) is 3.28. The Labute approximate surface area is 138 Å². The van der Waals surface area contributed by atoms with Crippen LogP contribution in [0, 0.1) is 5.92 Å². The Bertz CT molecular complexity index is 448. The van der Waals surface area contributed by atoms with Crippen LogP contribution in [0.3, 0.4) is 0 Å². The van der Waals surface area contributed by atoms with Gasteiger partial charge >= 0.3 is 0 Å². The van der Waals surface area contributed by atoms with E-state index < -0.39 is 0 Å². The Balaban J connectivity index is 2.10. The first-order valence-corrected chi connectivity index (χ1v) is 8.70. The molecule has 2 nitrogen and oxygen atoms in total. The van der Waals surface area contributed by atoms with Crippen molar-refractivity contribution in [3.05, 3.63) is 33.8 Å². The minimum Gasteiger partial charge on any atom is -0.377 e. The van der Waals surface area contributed by atoms with Gasteiger partial charge in [0.2, 0.25) is 0 Å². The third-order valence-electron chi connectivity index (χ3n) is 3.95. The molecule has 1 saturated carbocycles. The van der Waals surface area contributed by atoms with E-state index in [-0.39, 0.29) is 6.10 Å². The van der Waals surface area contributed by atoms with Crippen molar-refractivity contribution in [3.63, 3.8) is 0 Å². The summed E-state index contributed by atoms with van der Waals surface area (Å²) in [7, 11) is 0. The van der Waals surface area contributed by atoms with E-state index in [1.54, 1.807) is 0 Å². The Morgan fingerprint density at radius 3 is 2.62 bits per heavy atom. The summed E-state index contributed by atoms with van der Waals surface area (Å²) in [6, 6.07) is 6.08. The van der Waals surface area contributed by atoms with Crippen molar-refractivity contribution < 1.29 is 4.74 Å². The van der Waals surface area contributed by atoms with E-state index >= 15 is 0 Å². The molecule has 1 aromatic carbocycles. The minimum atomic E-state index is 0.285. The lowest BCUT2D eigenvalue weighted by Crippen LogP contribution is -2.44. The first kappa shape index (κ1) is 17.1. The van der Waals surface area contributed by atoms with Crippen molar-refractivity contribution in [3.8, 4) is 0 Å². The standard InChI is InChI=1S/C17H25Cl2NO/c1-3-9-20-16(17(21-4-2)12-5-6-12)10-13-7-8-14(18)11-15(13)19/h7-8,11-12,16-17,20H,3-6,9-10H2,1-2H3. The average molecular weight is 330 g/mol. The van der Waals surface area contributed by atoms with Crippen molar-refractivity contribution in [2.75, 3.05) is 13.2 Å². The molecule has 1 aliphatic carbocycles. The molecule has 118 valence electrons. The quantitative estimate of drug-likeness (QED) is 0.707. The summed E-state index contributed by atoms with van der Waals surface area (Å²) in [6.07, 6.45) is 4.85. The number of ether oxygens (including phenoxy) is 1. The normalized spacial score (nSPS) is 17.7. The molecule has 0 radical (unpaired) electrons. The van der Waals surface area contributed by atoms with Gasteiger partial charge in [-0.2, -0.15) is 0 Å². The van der Waals surface area contributed by atoms with Gasteiger partial charge in [0, 0.05) is 22.7 Å². The highest BCUT2D eigenvalue weighted by Crippen LogP contribution is 2.37. The molecular formula is C17H25Cl2NO. The predicted molar refractivity (Wildman–Crippen MR) is 90.4 cm³/mol. The molecule has 0 aromatic heterocycles. The minimum absolute atomic E-state index is 0.285. The van der Waals surface area contributed by atoms with Gasteiger partial charge in [-0.1, -0.05) is 36.2 Å². The van der Waals surface area contributed by atoms with E-state index in [1.807, 2.05) is 18.2 Å². The largest absolute Gasteiger partial charge is 0.377 e. The van der Waals surface area contributed by atoms with Crippen molar-refractivity contribution in [1.29, 1.82) is 0 Å². The van der Waals surface area contributed by atoms with Gasteiger partial charge in [-0.25, -0.2) is 0 Å². The molecular weight excluding hydrogens is 305 g/mol. The molecule has 2 rings (SSSR count). The topological polar surface area (TPSA) is 21.3 Å². The number of benzene rings is 1. The molecule has 2 atom stereocenters. The second-order valence-electron chi connectivity index (χ2n) is 5.76. The molecule has 0 heterocycles. The second kappa shape index (κ2) is 8.38. The lowest BCUT2D eigenvalue weighted by Gasteiger charge is -2.28. The highest BCUT2D eigenvalue weighted by atomic mass is 35.5. The Morgan fingerprint density at radius 1 is 1.29 bits per heavy atom. The van der Waals surface area contributed by atoms with Crippen LogP contribution < -0.4 is 5.32 Å². The van der Waals surface area contributed by atoms with E-state index in [4.69, 9.17) is 27.9 Å². The maximum Gasteiger partial charge on any atom is 0.0759 e. The first-order chi connectivity index (χ1) is 10.2. The summed E-state index contributed by atoms with van der Waals surface area (Å²) < 4.78 is 6.03. The third-order valence-corrected chi connectivity index (χ3v) is 4.54. The third kappa shape index (κ3) is 5.14. The number of rotatable bonds is 9. The van der Waals surface area contributed by atoms with Crippen LogP contribution >= 0.6 is 23.2 Å². The van der Waals surface area contributed by atoms with Crippen LogP contribution in [0.25, 0.3) is 0 Å². The van der Waals surface area contributed by atoms with Gasteiger partial charge in [0.25, 0.3) is 0 Å². The number of nitrogens with one attached hydrogen (secondary N) is 1. The zero-order valence-corrected chi connectivity index (χ0v) is 14.4. The molecule has 0 aliphatic heterocycles. The van der Waals surface area contributed by atoms with E-state index in [2.05, 4.69) is 19.2 Å². The number of halogens is 2. The summed E-state index contributed by atoms with van der Waals surface area (Å²) in [6.45, 7) is 6.03. The molecule has 1 aromatic rings. The molecule has 0 amide bonds. The SMILES string of the molecule is CCCNC(Cc1ccc(Cl)cc1Cl)C(OCC)C1CC1. The van der Waals surface area contributed by atoms with Crippen LogP contribution in [0.15, 0.2) is 18.2 Å². The highest BCUT2D eigenvalue weighted by Gasteiger charge is 2.37. The van der Waals surface area contributed by atoms with E-state index in [1.165, 1.54) is 12.8 Å². The fourth-order valence-corrected chi connectivity index (χ4v) is 3.24. The molecule has 4 heteroatoms. The summed E-state index contributed by atoms with van der Waals surface area (Å²) >= 11 is 12.3. The number of hydrogen-bond acceptors (Lipinski definition) is 2. The maximum atomic E-state index is 6.33. The first-order valence-electron chi connectivity index (χ1n) is 7.94. The Morgan fingerprint density at radius 2 is 2.05 bits per heavy atom. The fourth-order valence-electron chi connectivity index (χ4n) is 2.76. The molecule has 0 bridgehead atoms. The number of hydrogen-bond donors (Lipinski definition) is 1. The highest BCUT2D eigenvalue weighted by molar-refractivity contribution is 6.35. The lowest BCUT2D eigenvalue weighted by atomic mass is 9.97. The van der Waals surface area contributed by atoms with Crippen LogP contribution in [0.1, 0.15) is 38.7 Å². The summed E-state index contributed by atoms with van der Waals surface area (Å²) in [5.41, 5.74) is 1.14. The van der Waals surface area contributed by atoms with E-state index in [9.17, 15) is 0 Å². The predicted octanol–water partition coefficient (Wildman–Crippen LogP) is 4.72. The van der Waals surface area contributed by atoms with Crippen molar-refractivity contribution in [2.45, 2.75) is 51.7 Å². The summed E-state index contributed by atoms with van der Waals surface area (Å²) in [4.78, 5) is 0. The molecule has 1 fully saturated rings. The van der Waals surface area contributed by atoms with Crippen molar-refractivity contribution in [2.24, 2.45) is 5.92 Å². The fraction of sp³-hybridized carbons (Fsp3) is 0.647. The van der Waals surface area contributed by atoms with Gasteiger partial charge in [-0.05, 0) is 62.8 Å². The van der Waals surface area contributed by atoms with Gasteiger partial charge < -0.3 is 10.1 Å². The molecule has 0 saturated heterocycles. The van der Waals surface area contributed by atoms with Crippen molar-refractivity contribution >= 4 is 23.2 Å².